The average molecular weight is 368 g/mol. The van der Waals surface area contributed by atoms with E-state index in [-0.39, 0.29) is 29.5 Å². The first-order valence-corrected chi connectivity index (χ1v) is 8.33. The fourth-order valence-electron chi connectivity index (χ4n) is 3.00. The second-order valence-electron chi connectivity index (χ2n) is 6.09. The summed E-state index contributed by atoms with van der Waals surface area (Å²) >= 11 is 0.213. The van der Waals surface area contributed by atoms with Crippen molar-refractivity contribution in [1.82, 2.24) is 0 Å². The third kappa shape index (κ3) is 3.26. The number of hydrogen-bond donors (Lipinski definition) is 2. The van der Waals surface area contributed by atoms with Crippen molar-refractivity contribution < 1.29 is 17.4 Å². The van der Waals surface area contributed by atoms with Gasteiger partial charge in [0.15, 0.2) is 0 Å². The lowest BCUT2D eigenvalue weighted by Crippen LogP contribution is -2.43. The molecule has 1 aliphatic rings. The molecule has 0 saturated heterocycles. The van der Waals surface area contributed by atoms with E-state index in [2.05, 4.69) is 10.6 Å². The third-order valence-corrected chi connectivity index (χ3v) is 4.72. The van der Waals surface area contributed by atoms with Crippen LogP contribution in [0.5, 0.6) is 0 Å². The predicted octanol–water partition coefficient (Wildman–Crippen LogP) is 3.93. The standard InChI is InChI=1S/C17H17F3N3OS/c1-23(2)14-9-4-3-6-11(14)10-16(25-24)21-13-8-5-7-12(15(13)22-16)17(18,19)20/h3-9,21-22H,10H2,1-2H3/q+1. The summed E-state index contributed by atoms with van der Waals surface area (Å²) in [6.07, 6.45) is -4.27. The van der Waals surface area contributed by atoms with Crippen LogP contribution in [-0.4, -0.2) is 19.1 Å². The predicted molar refractivity (Wildman–Crippen MR) is 93.9 cm³/mol. The van der Waals surface area contributed by atoms with E-state index < -0.39 is 16.7 Å². The Morgan fingerprint density at radius 1 is 1.08 bits per heavy atom. The Kier molecular flexibility index (Phi) is 4.32. The van der Waals surface area contributed by atoms with E-state index in [0.717, 1.165) is 17.3 Å². The molecule has 0 bridgehead atoms. The number of hydrogen-bond acceptors (Lipinski definition) is 4. The van der Waals surface area contributed by atoms with Gasteiger partial charge in [-0.1, -0.05) is 24.3 Å². The number of anilines is 3. The summed E-state index contributed by atoms with van der Waals surface area (Å²) in [7, 11) is 3.75. The Hall–Kier alpha value is -2.35. The van der Waals surface area contributed by atoms with Gasteiger partial charge in [-0.25, -0.2) is 0 Å². The van der Waals surface area contributed by atoms with Crippen molar-refractivity contribution >= 4 is 28.7 Å². The van der Waals surface area contributed by atoms with Gasteiger partial charge in [-0.15, -0.1) is 0 Å². The SMILES string of the molecule is CN(C)c1ccccc1CC1([S+]=O)Nc2cccc(C(F)(F)F)c2N1. The molecule has 25 heavy (non-hydrogen) atoms. The van der Waals surface area contributed by atoms with Crippen molar-refractivity contribution in [2.75, 3.05) is 29.6 Å². The van der Waals surface area contributed by atoms with Gasteiger partial charge in [-0.2, -0.15) is 13.2 Å². The van der Waals surface area contributed by atoms with Gasteiger partial charge in [0.1, 0.15) is 0 Å². The minimum Gasteiger partial charge on any atom is -0.377 e. The van der Waals surface area contributed by atoms with E-state index in [9.17, 15) is 17.4 Å². The van der Waals surface area contributed by atoms with Crippen molar-refractivity contribution in [3.63, 3.8) is 0 Å². The molecule has 132 valence electrons. The van der Waals surface area contributed by atoms with Gasteiger partial charge < -0.3 is 15.5 Å². The number of para-hydroxylation sites is 2. The molecule has 2 N–H and O–H groups in total. The molecule has 4 nitrogen and oxygen atoms in total. The maximum atomic E-state index is 13.2. The van der Waals surface area contributed by atoms with E-state index in [4.69, 9.17) is 0 Å². The summed E-state index contributed by atoms with van der Waals surface area (Å²) in [4.78, 5) is 0.623. The average Bonchev–Trinajstić information content (AvgIpc) is 2.92. The minimum atomic E-state index is -4.49. The molecule has 1 aliphatic heterocycles. The van der Waals surface area contributed by atoms with E-state index in [1.807, 2.05) is 43.3 Å². The summed E-state index contributed by atoms with van der Waals surface area (Å²) in [5.74, 6) is 0. The number of alkyl halides is 3. The molecule has 1 unspecified atom stereocenters. The second-order valence-corrected chi connectivity index (χ2v) is 6.95. The van der Waals surface area contributed by atoms with Gasteiger partial charge in [-0.3, -0.25) is 0 Å². The topological polar surface area (TPSA) is 44.4 Å². The summed E-state index contributed by atoms with van der Waals surface area (Å²) in [5.41, 5.74) is 1.18. The number of nitrogens with one attached hydrogen (secondary N) is 2. The second kappa shape index (κ2) is 6.18. The highest BCUT2D eigenvalue weighted by Crippen LogP contribution is 2.44. The molecule has 0 aliphatic carbocycles. The summed E-state index contributed by atoms with van der Waals surface area (Å²) in [6, 6.07) is 11.4. The number of nitrogens with zero attached hydrogens (tertiary/aromatic N) is 1. The highest BCUT2D eigenvalue weighted by atomic mass is 32.1. The first-order valence-electron chi connectivity index (χ1n) is 7.58. The first kappa shape index (κ1) is 17.5. The van der Waals surface area contributed by atoms with Crippen LogP contribution in [0.25, 0.3) is 0 Å². The number of fused-ring (bicyclic) bond motifs is 1. The van der Waals surface area contributed by atoms with E-state index in [0.29, 0.717) is 0 Å². The van der Waals surface area contributed by atoms with Gasteiger partial charge in [0, 0.05) is 24.0 Å². The zero-order chi connectivity index (χ0) is 18.2. The molecule has 0 saturated carbocycles. The maximum absolute atomic E-state index is 13.2. The molecule has 0 radical (unpaired) electrons. The van der Waals surface area contributed by atoms with E-state index >= 15 is 0 Å². The van der Waals surface area contributed by atoms with Crippen LogP contribution in [0.4, 0.5) is 30.2 Å². The van der Waals surface area contributed by atoms with E-state index in [1.165, 1.54) is 12.1 Å². The zero-order valence-corrected chi connectivity index (χ0v) is 14.5. The Bertz CT molecular complexity index is 810. The molecule has 1 heterocycles. The smallest absolute Gasteiger partial charge is 0.377 e. The van der Waals surface area contributed by atoms with Gasteiger partial charge in [0.25, 0.3) is 0 Å². The van der Waals surface area contributed by atoms with Gasteiger partial charge in [-0.05, 0) is 23.8 Å². The van der Waals surface area contributed by atoms with Crippen LogP contribution >= 0.6 is 0 Å². The molecule has 2 aromatic carbocycles. The fourth-order valence-corrected chi connectivity index (χ4v) is 3.51. The van der Waals surface area contributed by atoms with E-state index in [1.54, 1.807) is 0 Å². The van der Waals surface area contributed by atoms with Crippen molar-refractivity contribution in [3.05, 3.63) is 53.6 Å². The molecule has 0 amide bonds. The normalized spacial score (nSPS) is 18.9. The quantitative estimate of drug-likeness (QED) is 0.803. The van der Waals surface area contributed by atoms with Crippen molar-refractivity contribution in [1.29, 1.82) is 0 Å². The zero-order valence-electron chi connectivity index (χ0n) is 13.6. The lowest BCUT2D eigenvalue weighted by Gasteiger charge is -2.20. The third-order valence-electron chi connectivity index (χ3n) is 4.09. The molecule has 2 aromatic rings. The van der Waals surface area contributed by atoms with Crippen LogP contribution in [0.15, 0.2) is 42.5 Å². The molecular weight excluding hydrogens is 351 g/mol. The maximum Gasteiger partial charge on any atom is 0.514 e. The largest absolute Gasteiger partial charge is 0.514 e. The summed E-state index contributed by atoms with van der Waals surface area (Å²) in [6.45, 7) is 0. The first-order chi connectivity index (χ1) is 11.8. The van der Waals surface area contributed by atoms with Gasteiger partial charge in [0.2, 0.25) is 0 Å². The molecule has 0 spiro atoms. The van der Waals surface area contributed by atoms with Crippen molar-refractivity contribution in [2.24, 2.45) is 0 Å². The van der Waals surface area contributed by atoms with Crippen molar-refractivity contribution in [3.8, 4) is 0 Å². The molecule has 8 heteroatoms. The van der Waals surface area contributed by atoms with Gasteiger partial charge in [0.05, 0.1) is 23.4 Å². The summed E-state index contributed by atoms with van der Waals surface area (Å²) < 4.78 is 51.6. The van der Waals surface area contributed by atoms with Crippen LogP contribution in [0.1, 0.15) is 11.1 Å². The highest BCUT2D eigenvalue weighted by Gasteiger charge is 2.52. The fraction of sp³-hybridized carbons (Fsp3) is 0.294. The molecule has 0 aromatic heterocycles. The van der Waals surface area contributed by atoms with Crippen LogP contribution in [0, 0.1) is 0 Å². The molecule has 1 atom stereocenters. The number of rotatable bonds is 4. The summed E-state index contributed by atoms with van der Waals surface area (Å²) in [5, 5.41) is 5.73. The molecule has 3 rings (SSSR count). The Morgan fingerprint density at radius 2 is 1.80 bits per heavy atom. The molecule has 0 fully saturated rings. The number of halogens is 3. The van der Waals surface area contributed by atoms with Crippen LogP contribution < -0.4 is 15.5 Å². The van der Waals surface area contributed by atoms with Gasteiger partial charge >= 0.3 is 22.8 Å². The molecular formula is C17H17F3N3OS+. The lowest BCUT2D eigenvalue weighted by molar-refractivity contribution is -0.136. The Morgan fingerprint density at radius 3 is 2.44 bits per heavy atom. The minimum absolute atomic E-state index is 0.0827. The lowest BCUT2D eigenvalue weighted by atomic mass is 10.1. The van der Waals surface area contributed by atoms with Crippen LogP contribution in [-0.2, 0) is 28.5 Å². The highest BCUT2D eigenvalue weighted by molar-refractivity contribution is 7.67. The van der Waals surface area contributed by atoms with Crippen molar-refractivity contribution in [2.45, 2.75) is 17.6 Å². The Balaban J connectivity index is 1.98. The van der Waals surface area contributed by atoms with Crippen LogP contribution in [0.3, 0.4) is 0 Å². The number of benzene rings is 2. The monoisotopic (exact) mass is 368 g/mol. The Labute approximate surface area is 147 Å². The van der Waals surface area contributed by atoms with Crippen LogP contribution in [0.2, 0.25) is 0 Å².